The Balaban J connectivity index is 1.98. The second-order valence-electron chi connectivity index (χ2n) is 6.18. The molecule has 1 aromatic carbocycles. The predicted molar refractivity (Wildman–Crippen MR) is 81.8 cm³/mol. The van der Waals surface area contributed by atoms with E-state index in [1.807, 2.05) is 6.07 Å². The molecule has 1 aliphatic rings. The van der Waals surface area contributed by atoms with Crippen LogP contribution in [0.3, 0.4) is 0 Å². The number of para-hydroxylation sites is 2. The van der Waals surface area contributed by atoms with Crippen LogP contribution < -0.4 is 10.1 Å². The molecule has 0 heterocycles. The molecule has 1 fully saturated rings. The number of ether oxygens (including phenoxy) is 1. The van der Waals surface area contributed by atoms with Crippen molar-refractivity contribution >= 4 is 5.69 Å². The Bertz CT molecular complexity index is 383. The van der Waals surface area contributed by atoms with Gasteiger partial charge in [0.05, 0.1) is 12.3 Å². The van der Waals surface area contributed by atoms with Gasteiger partial charge in [0.1, 0.15) is 5.75 Å². The third-order valence-corrected chi connectivity index (χ3v) is 3.95. The summed E-state index contributed by atoms with van der Waals surface area (Å²) in [7, 11) is 0. The Labute approximate surface area is 117 Å². The fourth-order valence-corrected chi connectivity index (χ4v) is 2.79. The molecule has 2 heteroatoms. The van der Waals surface area contributed by atoms with E-state index >= 15 is 0 Å². The molecule has 2 nitrogen and oxygen atoms in total. The molecule has 1 atom stereocenters. The van der Waals surface area contributed by atoms with Gasteiger partial charge in [-0.2, -0.15) is 0 Å². The van der Waals surface area contributed by atoms with Crippen molar-refractivity contribution < 1.29 is 4.74 Å². The molecular formula is C17H27NO. The minimum Gasteiger partial charge on any atom is -0.491 e. The van der Waals surface area contributed by atoms with E-state index in [1.165, 1.54) is 25.7 Å². The van der Waals surface area contributed by atoms with Crippen molar-refractivity contribution in [2.24, 2.45) is 11.8 Å². The van der Waals surface area contributed by atoms with Gasteiger partial charge in [0.15, 0.2) is 0 Å². The van der Waals surface area contributed by atoms with Gasteiger partial charge in [-0.25, -0.2) is 0 Å². The highest BCUT2D eigenvalue weighted by molar-refractivity contribution is 5.56. The minimum absolute atomic E-state index is 0.534. The molecule has 106 valence electrons. The lowest BCUT2D eigenvalue weighted by molar-refractivity contribution is 0.272. The molecular weight excluding hydrogens is 234 g/mol. The van der Waals surface area contributed by atoms with Gasteiger partial charge in [0.25, 0.3) is 0 Å². The van der Waals surface area contributed by atoms with Crippen LogP contribution in [0.2, 0.25) is 0 Å². The van der Waals surface area contributed by atoms with Gasteiger partial charge >= 0.3 is 0 Å². The van der Waals surface area contributed by atoms with E-state index in [2.05, 4.69) is 44.3 Å². The van der Waals surface area contributed by atoms with E-state index in [1.54, 1.807) is 0 Å². The van der Waals surface area contributed by atoms with E-state index in [4.69, 9.17) is 4.74 Å². The third kappa shape index (κ3) is 4.15. The van der Waals surface area contributed by atoms with Gasteiger partial charge < -0.3 is 10.1 Å². The number of anilines is 1. The van der Waals surface area contributed by atoms with Crippen molar-refractivity contribution in [1.29, 1.82) is 0 Å². The molecule has 1 saturated carbocycles. The zero-order chi connectivity index (χ0) is 13.7. The summed E-state index contributed by atoms with van der Waals surface area (Å²) >= 11 is 0. The smallest absolute Gasteiger partial charge is 0.142 e. The number of rotatable bonds is 6. The molecule has 2 rings (SSSR count). The van der Waals surface area contributed by atoms with Crippen LogP contribution in [0.5, 0.6) is 5.75 Å². The van der Waals surface area contributed by atoms with E-state index < -0.39 is 0 Å². The fourth-order valence-electron chi connectivity index (χ4n) is 2.79. The molecule has 0 aliphatic heterocycles. The van der Waals surface area contributed by atoms with Crippen molar-refractivity contribution in [2.45, 2.75) is 52.5 Å². The molecule has 0 bridgehead atoms. The van der Waals surface area contributed by atoms with Gasteiger partial charge in [0.2, 0.25) is 0 Å². The van der Waals surface area contributed by atoms with Crippen molar-refractivity contribution in [2.75, 3.05) is 11.9 Å². The Morgan fingerprint density at radius 1 is 1.16 bits per heavy atom. The maximum atomic E-state index is 5.90. The van der Waals surface area contributed by atoms with Crippen LogP contribution in [-0.2, 0) is 0 Å². The first kappa shape index (κ1) is 14.2. The maximum absolute atomic E-state index is 5.90. The summed E-state index contributed by atoms with van der Waals surface area (Å²) < 4.78 is 5.90. The SMILES string of the molecule is CC(C)COc1ccccc1NC(C)C1CCCC1. The molecule has 1 aliphatic carbocycles. The first-order chi connectivity index (χ1) is 9.16. The molecule has 19 heavy (non-hydrogen) atoms. The highest BCUT2D eigenvalue weighted by Crippen LogP contribution is 2.31. The number of hydrogen-bond acceptors (Lipinski definition) is 2. The summed E-state index contributed by atoms with van der Waals surface area (Å²) in [5.41, 5.74) is 1.14. The quantitative estimate of drug-likeness (QED) is 0.800. The largest absolute Gasteiger partial charge is 0.491 e. The number of benzene rings is 1. The Morgan fingerprint density at radius 2 is 1.84 bits per heavy atom. The average Bonchev–Trinajstić information content (AvgIpc) is 2.91. The second-order valence-corrected chi connectivity index (χ2v) is 6.18. The minimum atomic E-state index is 0.534. The van der Waals surface area contributed by atoms with Crippen LogP contribution in [0.1, 0.15) is 46.5 Å². The summed E-state index contributed by atoms with van der Waals surface area (Å²) in [4.78, 5) is 0. The van der Waals surface area contributed by atoms with E-state index in [0.717, 1.165) is 24.0 Å². The van der Waals surface area contributed by atoms with Gasteiger partial charge in [-0.15, -0.1) is 0 Å². The van der Waals surface area contributed by atoms with Crippen molar-refractivity contribution in [3.63, 3.8) is 0 Å². The standard InChI is InChI=1S/C17H27NO/c1-13(2)12-19-17-11-7-6-10-16(17)18-14(3)15-8-4-5-9-15/h6-7,10-11,13-15,18H,4-5,8-9,12H2,1-3H3. The van der Waals surface area contributed by atoms with E-state index in [-0.39, 0.29) is 0 Å². The van der Waals surface area contributed by atoms with Gasteiger partial charge in [-0.05, 0) is 43.7 Å². The van der Waals surface area contributed by atoms with Gasteiger partial charge in [-0.3, -0.25) is 0 Å². The molecule has 0 aromatic heterocycles. The lowest BCUT2D eigenvalue weighted by Crippen LogP contribution is -2.24. The number of nitrogens with one attached hydrogen (secondary N) is 1. The summed E-state index contributed by atoms with van der Waals surface area (Å²) in [5, 5.41) is 3.65. The molecule has 1 aromatic rings. The van der Waals surface area contributed by atoms with E-state index in [0.29, 0.717) is 12.0 Å². The Morgan fingerprint density at radius 3 is 2.53 bits per heavy atom. The van der Waals surface area contributed by atoms with Gasteiger partial charge in [0, 0.05) is 6.04 Å². The van der Waals surface area contributed by atoms with Crippen LogP contribution in [0.25, 0.3) is 0 Å². The highest BCUT2D eigenvalue weighted by Gasteiger charge is 2.22. The van der Waals surface area contributed by atoms with E-state index in [9.17, 15) is 0 Å². The zero-order valence-electron chi connectivity index (χ0n) is 12.5. The van der Waals surface area contributed by atoms with Crippen molar-refractivity contribution in [3.8, 4) is 5.75 Å². The normalized spacial score (nSPS) is 17.7. The lowest BCUT2D eigenvalue weighted by atomic mass is 9.99. The lowest BCUT2D eigenvalue weighted by Gasteiger charge is -2.23. The first-order valence-electron chi connectivity index (χ1n) is 7.65. The van der Waals surface area contributed by atoms with Gasteiger partial charge in [-0.1, -0.05) is 38.8 Å². The topological polar surface area (TPSA) is 21.3 Å². The highest BCUT2D eigenvalue weighted by atomic mass is 16.5. The molecule has 1 unspecified atom stereocenters. The summed E-state index contributed by atoms with van der Waals surface area (Å²) in [6.45, 7) is 7.43. The second kappa shape index (κ2) is 6.83. The average molecular weight is 261 g/mol. The van der Waals surface area contributed by atoms with Crippen molar-refractivity contribution in [3.05, 3.63) is 24.3 Å². The summed E-state index contributed by atoms with van der Waals surface area (Å²) in [6, 6.07) is 8.84. The van der Waals surface area contributed by atoms with Crippen LogP contribution in [-0.4, -0.2) is 12.6 Å². The molecule has 0 saturated heterocycles. The maximum Gasteiger partial charge on any atom is 0.142 e. The Kier molecular flexibility index (Phi) is 5.12. The number of hydrogen-bond donors (Lipinski definition) is 1. The predicted octanol–water partition coefficient (Wildman–Crippen LogP) is 4.71. The molecule has 0 spiro atoms. The molecule has 0 amide bonds. The third-order valence-electron chi connectivity index (χ3n) is 3.95. The van der Waals surface area contributed by atoms with Crippen LogP contribution in [0, 0.1) is 11.8 Å². The zero-order valence-corrected chi connectivity index (χ0v) is 12.5. The van der Waals surface area contributed by atoms with Crippen LogP contribution in [0.4, 0.5) is 5.69 Å². The Hall–Kier alpha value is -1.18. The van der Waals surface area contributed by atoms with Crippen molar-refractivity contribution in [1.82, 2.24) is 0 Å². The molecule has 0 radical (unpaired) electrons. The van der Waals surface area contributed by atoms with Crippen LogP contribution >= 0.6 is 0 Å². The summed E-state index contributed by atoms with van der Waals surface area (Å²) in [5.74, 6) is 2.36. The van der Waals surface area contributed by atoms with Crippen LogP contribution in [0.15, 0.2) is 24.3 Å². The summed E-state index contributed by atoms with van der Waals surface area (Å²) in [6.07, 6.45) is 5.51. The first-order valence-corrected chi connectivity index (χ1v) is 7.65. The fraction of sp³-hybridized carbons (Fsp3) is 0.647. The monoisotopic (exact) mass is 261 g/mol. The molecule has 1 N–H and O–H groups in total.